The predicted molar refractivity (Wildman–Crippen MR) is 92.5 cm³/mol. The highest BCUT2D eigenvalue weighted by Gasteiger charge is 2.51. The zero-order valence-corrected chi connectivity index (χ0v) is 14.7. The van der Waals surface area contributed by atoms with Crippen LogP contribution >= 0.6 is 0 Å². The number of likely N-dealkylation sites (tertiary alicyclic amines) is 1. The molecule has 0 aromatic heterocycles. The van der Waals surface area contributed by atoms with Crippen LogP contribution in [0, 0.1) is 0 Å². The molecule has 0 aliphatic carbocycles. The molecular weight excluding hydrogens is 304 g/mol. The van der Waals surface area contributed by atoms with Gasteiger partial charge in [-0.25, -0.2) is 4.79 Å². The number of rotatable bonds is 2. The number of amides is 1. The van der Waals surface area contributed by atoms with Crippen LogP contribution in [0.4, 0.5) is 4.79 Å². The molecule has 2 heterocycles. The van der Waals surface area contributed by atoms with Gasteiger partial charge in [-0.3, -0.25) is 9.80 Å². The van der Waals surface area contributed by atoms with Gasteiger partial charge in [-0.05, 0) is 26.3 Å². The fourth-order valence-electron chi connectivity index (χ4n) is 3.31. The molecule has 0 atom stereocenters. The Morgan fingerprint density at radius 2 is 1.92 bits per heavy atom. The van der Waals surface area contributed by atoms with E-state index in [0.29, 0.717) is 13.1 Å². The highest BCUT2D eigenvalue weighted by molar-refractivity contribution is 5.69. The summed E-state index contributed by atoms with van der Waals surface area (Å²) in [7, 11) is 0. The molecule has 0 unspecified atom stereocenters. The third kappa shape index (κ3) is 3.90. The summed E-state index contributed by atoms with van der Waals surface area (Å²) in [5.41, 5.74) is 0.447. The molecule has 2 fully saturated rings. The summed E-state index contributed by atoms with van der Waals surface area (Å²) in [6.07, 6.45) is -0.275. The van der Waals surface area contributed by atoms with Crippen LogP contribution in [0.5, 0.6) is 0 Å². The highest BCUT2D eigenvalue weighted by atomic mass is 16.6. The Bertz CT molecular complexity index is 615. The van der Waals surface area contributed by atoms with E-state index < -0.39 is 5.60 Å². The van der Waals surface area contributed by atoms with E-state index in [2.05, 4.69) is 23.6 Å². The minimum absolute atomic E-state index is 0.275. The summed E-state index contributed by atoms with van der Waals surface area (Å²) < 4.78 is 11.4. The first-order valence-corrected chi connectivity index (χ1v) is 8.36. The lowest BCUT2D eigenvalue weighted by atomic mass is 9.91. The van der Waals surface area contributed by atoms with Crippen LogP contribution in [-0.4, -0.2) is 53.3 Å². The van der Waals surface area contributed by atoms with E-state index in [9.17, 15) is 4.79 Å². The number of nitrogens with zero attached hydrogens (tertiary/aromatic N) is 2. The van der Waals surface area contributed by atoms with Gasteiger partial charge in [-0.15, -0.1) is 0 Å². The molecule has 1 aromatic rings. The monoisotopic (exact) mass is 330 g/mol. The summed E-state index contributed by atoms with van der Waals surface area (Å²) in [4.78, 5) is 16.2. The van der Waals surface area contributed by atoms with Crippen molar-refractivity contribution in [2.45, 2.75) is 38.5 Å². The molecule has 24 heavy (non-hydrogen) atoms. The average Bonchev–Trinajstić information content (AvgIpc) is 2.43. The quantitative estimate of drug-likeness (QED) is 0.836. The van der Waals surface area contributed by atoms with Crippen molar-refractivity contribution < 1.29 is 14.3 Å². The summed E-state index contributed by atoms with van der Waals surface area (Å²) >= 11 is 0. The summed E-state index contributed by atoms with van der Waals surface area (Å²) in [6, 6.07) is 10.4. The Labute approximate surface area is 143 Å². The van der Waals surface area contributed by atoms with Gasteiger partial charge < -0.3 is 9.47 Å². The van der Waals surface area contributed by atoms with Crippen molar-refractivity contribution in [3.8, 4) is 0 Å². The van der Waals surface area contributed by atoms with Gasteiger partial charge >= 0.3 is 6.09 Å². The van der Waals surface area contributed by atoms with Crippen molar-refractivity contribution in [2.75, 3.05) is 26.2 Å². The first-order chi connectivity index (χ1) is 11.2. The number of benzene rings is 1. The van der Waals surface area contributed by atoms with Gasteiger partial charge in [0.25, 0.3) is 0 Å². The molecule has 5 heteroatoms. The molecule has 2 saturated heterocycles. The van der Waals surface area contributed by atoms with Gasteiger partial charge in [0.1, 0.15) is 11.4 Å². The molecule has 2 aliphatic heterocycles. The van der Waals surface area contributed by atoms with Crippen LogP contribution < -0.4 is 0 Å². The lowest BCUT2D eigenvalue weighted by Gasteiger charge is -2.53. The van der Waals surface area contributed by atoms with E-state index in [1.54, 1.807) is 4.90 Å². The minimum Gasteiger partial charge on any atom is -0.486 e. The molecule has 0 saturated carbocycles. The number of hydrogen-bond donors (Lipinski definition) is 0. The SMILES string of the molecule is C=C1CN(Cc2ccccc2)CC2(CN(C(=O)OC(C)(C)C)C2)O1. The maximum atomic E-state index is 12.1. The fourth-order valence-corrected chi connectivity index (χ4v) is 3.31. The maximum absolute atomic E-state index is 12.1. The van der Waals surface area contributed by atoms with Gasteiger partial charge in [0.2, 0.25) is 0 Å². The lowest BCUT2D eigenvalue weighted by molar-refractivity contribution is -0.150. The largest absolute Gasteiger partial charge is 0.486 e. The molecule has 5 nitrogen and oxygen atoms in total. The van der Waals surface area contributed by atoms with Crippen LogP contribution in [0.3, 0.4) is 0 Å². The Morgan fingerprint density at radius 3 is 2.54 bits per heavy atom. The molecule has 1 spiro atoms. The summed E-state index contributed by atoms with van der Waals surface area (Å²) in [5.74, 6) is 0.765. The lowest BCUT2D eigenvalue weighted by Crippen LogP contribution is -2.70. The number of carbonyl (C=O) groups is 1. The van der Waals surface area contributed by atoms with Gasteiger partial charge in [0, 0.05) is 13.1 Å². The molecule has 0 radical (unpaired) electrons. The second-order valence-corrected chi connectivity index (χ2v) is 7.79. The van der Waals surface area contributed by atoms with Crippen molar-refractivity contribution in [3.05, 3.63) is 48.2 Å². The minimum atomic E-state index is -0.476. The predicted octanol–water partition coefficient (Wildman–Crippen LogP) is 3.02. The Balaban J connectivity index is 1.59. The van der Waals surface area contributed by atoms with Crippen LogP contribution in [0.2, 0.25) is 0 Å². The first-order valence-electron chi connectivity index (χ1n) is 8.36. The molecule has 0 bridgehead atoms. The Morgan fingerprint density at radius 1 is 1.25 bits per heavy atom. The normalized spacial score (nSPS) is 20.5. The maximum Gasteiger partial charge on any atom is 0.410 e. The van der Waals surface area contributed by atoms with Crippen LogP contribution in [0.1, 0.15) is 26.3 Å². The van der Waals surface area contributed by atoms with Crippen molar-refractivity contribution in [3.63, 3.8) is 0 Å². The zero-order valence-electron chi connectivity index (χ0n) is 14.7. The van der Waals surface area contributed by atoms with Gasteiger partial charge in [-0.1, -0.05) is 36.9 Å². The number of hydrogen-bond acceptors (Lipinski definition) is 4. The van der Waals surface area contributed by atoms with E-state index >= 15 is 0 Å². The van der Waals surface area contributed by atoms with Crippen molar-refractivity contribution in [1.29, 1.82) is 0 Å². The summed E-state index contributed by atoms with van der Waals surface area (Å²) in [5, 5.41) is 0. The smallest absolute Gasteiger partial charge is 0.410 e. The van der Waals surface area contributed by atoms with Crippen LogP contribution in [0.15, 0.2) is 42.7 Å². The highest BCUT2D eigenvalue weighted by Crippen LogP contribution is 2.33. The first kappa shape index (κ1) is 16.8. The van der Waals surface area contributed by atoms with Gasteiger partial charge in [0.15, 0.2) is 5.60 Å². The van der Waals surface area contributed by atoms with Crippen LogP contribution in [0.25, 0.3) is 0 Å². The van der Waals surface area contributed by atoms with Crippen molar-refractivity contribution in [2.24, 2.45) is 0 Å². The Hall–Kier alpha value is -2.01. The van der Waals surface area contributed by atoms with Crippen molar-refractivity contribution in [1.82, 2.24) is 9.80 Å². The van der Waals surface area contributed by atoms with Crippen LogP contribution in [-0.2, 0) is 16.0 Å². The molecular formula is C19H26N2O3. The summed E-state index contributed by atoms with van der Waals surface area (Å²) in [6.45, 7) is 13.1. The number of morpholine rings is 1. The molecule has 2 aliphatic rings. The average molecular weight is 330 g/mol. The van der Waals surface area contributed by atoms with Gasteiger partial charge in [-0.2, -0.15) is 0 Å². The number of carbonyl (C=O) groups excluding carboxylic acids is 1. The second-order valence-electron chi connectivity index (χ2n) is 7.79. The van der Waals surface area contributed by atoms with E-state index in [1.807, 2.05) is 39.0 Å². The molecule has 3 rings (SSSR count). The number of ether oxygens (including phenoxy) is 2. The van der Waals surface area contributed by atoms with E-state index in [-0.39, 0.29) is 11.7 Å². The third-order valence-electron chi connectivity index (χ3n) is 4.13. The third-order valence-corrected chi connectivity index (χ3v) is 4.13. The van der Waals surface area contributed by atoms with E-state index in [0.717, 1.165) is 25.4 Å². The second kappa shape index (κ2) is 6.13. The van der Waals surface area contributed by atoms with Gasteiger partial charge in [0.05, 0.1) is 19.6 Å². The fraction of sp³-hybridized carbons (Fsp3) is 0.526. The molecule has 1 aromatic carbocycles. The topological polar surface area (TPSA) is 42.0 Å². The van der Waals surface area contributed by atoms with E-state index in [4.69, 9.17) is 9.47 Å². The molecule has 1 amide bonds. The molecule has 130 valence electrons. The van der Waals surface area contributed by atoms with Crippen molar-refractivity contribution >= 4 is 6.09 Å². The standard InChI is InChI=1S/C19H26N2O3/c1-15-10-20(11-16-8-6-5-7-9-16)12-19(23-15)13-21(14-19)17(22)24-18(2,3)4/h5-9H,1,10-14H2,2-4H3. The Kier molecular flexibility index (Phi) is 4.30. The zero-order chi connectivity index (χ0) is 17.4. The van der Waals surface area contributed by atoms with E-state index in [1.165, 1.54) is 5.56 Å². The molecule has 0 N–H and O–H groups in total.